The average Bonchev–Trinajstić information content (AvgIpc) is 3.31. The summed E-state index contributed by atoms with van der Waals surface area (Å²) in [4.78, 5) is 39.8. The zero-order chi connectivity index (χ0) is 19.4. The van der Waals surface area contributed by atoms with Gasteiger partial charge in [-0.15, -0.1) is 0 Å². The van der Waals surface area contributed by atoms with Gasteiger partial charge in [0.15, 0.2) is 0 Å². The van der Waals surface area contributed by atoms with Gasteiger partial charge in [0.1, 0.15) is 0 Å². The monoisotopic (exact) mass is 379 g/mol. The Bertz CT molecular complexity index is 561. The van der Waals surface area contributed by atoms with Crippen LogP contribution in [0.15, 0.2) is 0 Å². The van der Waals surface area contributed by atoms with E-state index in [1.54, 1.807) is 0 Å². The smallest absolute Gasteiger partial charge is 0.303 e. The molecule has 2 saturated heterocycles. The number of carbonyl (C=O) groups excluding carboxylic acids is 2. The van der Waals surface area contributed by atoms with Crippen LogP contribution in [0.1, 0.15) is 57.8 Å². The molecule has 0 radical (unpaired) electrons. The fourth-order valence-electron chi connectivity index (χ4n) is 5.28. The second-order valence-corrected chi connectivity index (χ2v) is 8.56. The van der Waals surface area contributed by atoms with Crippen molar-refractivity contribution < 1.29 is 19.5 Å². The maximum Gasteiger partial charge on any atom is 0.303 e. The lowest BCUT2D eigenvalue weighted by molar-refractivity contribution is -0.141. The molecule has 7 heteroatoms. The SMILES string of the molecule is NC(=O)C1CCCN1CCC1CN(C(=O)C2CCCC2)CCC1CC(=O)O. The second kappa shape index (κ2) is 9.04. The second-order valence-electron chi connectivity index (χ2n) is 8.56. The fraction of sp³-hybridized carbons (Fsp3) is 0.850. The first-order chi connectivity index (χ1) is 13.0. The Morgan fingerprint density at radius 3 is 2.37 bits per heavy atom. The van der Waals surface area contributed by atoms with Crippen LogP contribution in [0, 0.1) is 17.8 Å². The third kappa shape index (κ3) is 5.00. The van der Waals surface area contributed by atoms with E-state index < -0.39 is 5.97 Å². The Labute approximate surface area is 161 Å². The van der Waals surface area contributed by atoms with Crippen LogP contribution in [-0.4, -0.2) is 64.9 Å². The quantitative estimate of drug-likeness (QED) is 0.697. The molecule has 0 aromatic heterocycles. The summed E-state index contributed by atoms with van der Waals surface area (Å²) >= 11 is 0. The molecule has 7 nitrogen and oxygen atoms in total. The number of hydrogen-bond donors (Lipinski definition) is 2. The molecular weight excluding hydrogens is 346 g/mol. The molecule has 1 aliphatic carbocycles. The number of aliphatic carboxylic acids is 1. The molecule has 3 rings (SSSR count). The van der Waals surface area contributed by atoms with Gasteiger partial charge in [0.2, 0.25) is 11.8 Å². The highest BCUT2D eigenvalue weighted by Gasteiger charge is 2.36. The van der Waals surface area contributed by atoms with E-state index in [0.717, 1.165) is 64.5 Å². The van der Waals surface area contributed by atoms with Crippen molar-refractivity contribution in [3.8, 4) is 0 Å². The number of piperidine rings is 1. The maximum absolute atomic E-state index is 12.8. The van der Waals surface area contributed by atoms with Crippen molar-refractivity contribution in [1.82, 2.24) is 9.80 Å². The van der Waals surface area contributed by atoms with Gasteiger partial charge in [-0.05, 0) is 63.5 Å². The van der Waals surface area contributed by atoms with Crippen LogP contribution in [0.2, 0.25) is 0 Å². The summed E-state index contributed by atoms with van der Waals surface area (Å²) in [7, 11) is 0. The van der Waals surface area contributed by atoms with Crippen LogP contribution >= 0.6 is 0 Å². The average molecular weight is 380 g/mol. The van der Waals surface area contributed by atoms with E-state index in [9.17, 15) is 19.5 Å². The van der Waals surface area contributed by atoms with Gasteiger partial charge in [-0.25, -0.2) is 0 Å². The summed E-state index contributed by atoms with van der Waals surface area (Å²) in [6.07, 6.45) is 7.78. The van der Waals surface area contributed by atoms with E-state index >= 15 is 0 Å². The summed E-state index contributed by atoms with van der Waals surface area (Å²) in [6, 6.07) is -0.192. The number of amides is 2. The van der Waals surface area contributed by atoms with E-state index in [-0.39, 0.29) is 42.0 Å². The minimum Gasteiger partial charge on any atom is -0.481 e. The standard InChI is InChI=1S/C20H33N3O4/c21-19(26)17-6-3-9-22(17)10-8-16-13-23(11-7-15(16)12-18(24)25)20(27)14-4-1-2-5-14/h14-17H,1-13H2,(H2,21,26)(H,24,25). The first-order valence-corrected chi connectivity index (χ1v) is 10.5. The molecule has 0 aromatic carbocycles. The lowest BCUT2D eigenvalue weighted by atomic mass is 9.80. The van der Waals surface area contributed by atoms with Crippen molar-refractivity contribution in [3.05, 3.63) is 0 Å². The highest BCUT2D eigenvalue weighted by molar-refractivity contribution is 5.80. The van der Waals surface area contributed by atoms with Crippen molar-refractivity contribution in [2.45, 2.75) is 63.8 Å². The Morgan fingerprint density at radius 1 is 0.963 bits per heavy atom. The van der Waals surface area contributed by atoms with Gasteiger partial charge in [0, 0.05) is 25.4 Å². The summed E-state index contributed by atoms with van der Waals surface area (Å²) in [6.45, 7) is 2.95. The highest BCUT2D eigenvalue weighted by atomic mass is 16.4. The van der Waals surface area contributed by atoms with Gasteiger partial charge in [-0.1, -0.05) is 12.8 Å². The van der Waals surface area contributed by atoms with Gasteiger partial charge in [0.25, 0.3) is 0 Å². The number of carboxylic acids is 1. The molecule has 3 N–H and O–H groups in total. The van der Waals surface area contributed by atoms with Crippen LogP contribution in [0.4, 0.5) is 0 Å². The fourth-order valence-corrected chi connectivity index (χ4v) is 5.28. The predicted octanol–water partition coefficient (Wildman–Crippen LogP) is 1.46. The van der Waals surface area contributed by atoms with Gasteiger partial charge in [-0.3, -0.25) is 19.3 Å². The number of carbonyl (C=O) groups is 3. The maximum atomic E-state index is 12.8. The van der Waals surface area contributed by atoms with E-state index in [1.807, 2.05) is 4.90 Å². The lowest BCUT2D eigenvalue weighted by Crippen LogP contribution is -2.47. The minimum absolute atomic E-state index is 0.102. The molecule has 0 aromatic rings. The molecule has 2 heterocycles. The molecule has 1 saturated carbocycles. The first kappa shape index (κ1) is 20.1. The molecular formula is C20H33N3O4. The van der Waals surface area contributed by atoms with Gasteiger partial charge in [0.05, 0.1) is 6.04 Å². The normalized spacial score (nSPS) is 29.9. The van der Waals surface area contributed by atoms with Crippen LogP contribution < -0.4 is 5.73 Å². The molecule has 2 amide bonds. The largest absolute Gasteiger partial charge is 0.481 e. The summed E-state index contributed by atoms with van der Waals surface area (Å²) in [5, 5.41) is 9.27. The number of carboxylic acid groups (broad SMARTS) is 1. The zero-order valence-electron chi connectivity index (χ0n) is 16.1. The van der Waals surface area contributed by atoms with Gasteiger partial charge in [-0.2, -0.15) is 0 Å². The number of primary amides is 1. The Kier molecular flexibility index (Phi) is 6.73. The first-order valence-electron chi connectivity index (χ1n) is 10.5. The third-order valence-corrected chi connectivity index (χ3v) is 6.82. The molecule has 152 valence electrons. The molecule has 0 spiro atoms. The number of nitrogens with zero attached hydrogens (tertiary/aromatic N) is 2. The third-order valence-electron chi connectivity index (χ3n) is 6.82. The topological polar surface area (TPSA) is 104 Å². The van der Waals surface area contributed by atoms with Gasteiger partial charge >= 0.3 is 5.97 Å². The van der Waals surface area contributed by atoms with Crippen molar-refractivity contribution >= 4 is 17.8 Å². The lowest BCUT2D eigenvalue weighted by Gasteiger charge is -2.40. The number of hydrogen-bond acceptors (Lipinski definition) is 4. The molecule has 3 atom stereocenters. The number of likely N-dealkylation sites (tertiary alicyclic amines) is 2. The summed E-state index contributed by atoms with van der Waals surface area (Å²) in [5.41, 5.74) is 5.51. The van der Waals surface area contributed by atoms with Crippen LogP contribution in [0.5, 0.6) is 0 Å². The molecule has 2 aliphatic heterocycles. The zero-order valence-corrected chi connectivity index (χ0v) is 16.1. The van der Waals surface area contributed by atoms with Crippen LogP contribution in [0.25, 0.3) is 0 Å². The van der Waals surface area contributed by atoms with Gasteiger partial charge < -0.3 is 15.7 Å². The Balaban J connectivity index is 1.60. The molecule has 0 bridgehead atoms. The number of rotatable bonds is 7. The number of nitrogens with two attached hydrogens (primary N) is 1. The van der Waals surface area contributed by atoms with E-state index in [1.165, 1.54) is 0 Å². The van der Waals surface area contributed by atoms with E-state index in [4.69, 9.17) is 5.73 Å². The molecule has 3 unspecified atom stereocenters. The predicted molar refractivity (Wildman–Crippen MR) is 101 cm³/mol. The van der Waals surface area contributed by atoms with Crippen LogP contribution in [0.3, 0.4) is 0 Å². The Hall–Kier alpha value is -1.63. The molecule has 27 heavy (non-hydrogen) atoms. The minimum atomic E-state index is -0.767. The van der Waals surface area contributed by atoms with Crippen molar-refractivity contribution in [2.75, 3.05) is 26.2 Å². The van der Waals surface area contributed by atoms with Crippen molar-refractivity contribution in [3.63, 3.8) is 0 Å². The molecule has 3 aliphatic rings. The van der Waals surface area contributed by atoms with Crippen LogP contribution in [-0.2, 0) is 14.4 Å². The molecule has 3 fully saturated rings. The van der Waals surface area contributed by atoms with Crippen molar-refractivity contribution in [2.24, 2.45) is 23.5 Å². The highest BCUT2D eigenvalue weighted by Crippen LogP contribution is 2.33. The Morgan fingerprint density at radius 2 is 1.70 bits per heavy atom. The summed E-state index contributed by atoms with van der Waals surface area (Å²) in [5.74, 6) is -0.325. The van der Waals surface area contributed by atoms with E-state index in [0.29, 0.717) is 13.1 Å². The van der Waals surface area contributed by atoms with E-state index in [2.05, 4.69) is 4.90 Å². The van der Waals surface area contributed by atoms with Crippen molar-refractivity contribution in [1.29, 1.82) is 0 Å². The summed E-state index contributed by atoms with van der Waals surface area (Å²) < 4.78 is 0.